The lowest BCUT2D eigenvalue weighted by atomic mass is 10.1. The fraction of sp³-hybridized carbons (Fsp3) is 0. The van der Waals surface area contributed by atoms with Crippen molar-refractivity contribution in [2.45, 2.75) is 0 Å². The van der Waals surface area contributed by atoms with Crippen molar-refractivity contribution in [3.63, 3.8) is 0 Å². The number of hydrogen-bond acceptors (Lipinski definition) is 3. The summed E-state index contributed by atoms with van der Waals surface area (Å²) in [5.41, 5.74) is 2.18. The van der Waals surface area contributed by atoms with Gasteiger partial charge in [0, 0.05) is 29.2 Å². The van der Waals surface area contributed by atoms with Gasteiger partial charge >= 0.3 is 0 Å². The number of aromatic hydroxyl groups is 1. The first-order chi connectivity index (χ1) is 9.24. The molecule has 0 atom stereocenters. The topological polar surface area (TPSA) is 50.9 Å². The van der Waals surface area contributed by atoms with Crippen LogP contribution < -0.4 is 0 Å². The van der Waals surface area contributed by atoms with E-state index in [0.29, 0.717) is 16.3 Å². The summed E-state index contributed by atoms with van der Waals surface area (Å²) in [6.07, 6.45) is 5.23. The summed E-state index contributed by atoms with van der Waals surface area (Å²) in [6.45, 7) is 0. The first kappa shape index (κ1) is 11.7. The van der Waals surface area contributed by atoms with Gasteiger partial charge in [-0.05, 0) is 36.4 Å². The minimum Gasteiger partial charge on any atom is -0.507 e. The van der Waals surface area contributed by atoms with E-state index in [1.54, 1.807) is 35.3 Å². The minimum absolute atomic E-state index is 0.157. The van der Waals surface area contributed by atoms with E-state index < -0.39 is 0 Å². The van der Waals surface area contributed by atoms with Crippen LogP contribution in [0.25, 0.3) is 16.9 Å². The number of phenolic OH excluding ortho intramolecular Hbond substituents is 1. The predicted molar refractivity (Wildman–Crippen MR) is 73.5 cm³/mol. The van der Waals surface area contributed by atoms with E-state index >= 15 is 0 Å². The molecular weight excluding hydrogens is 262 g/mol. The summed E-state index contributed by atoms with van der Waals surface area (Å²) in [6, 6.07) is 10.4. The quantitative estimate of drug-likeness (QED) is 0.778. The molecule has 0 saturated heterocycles. The van der Waals surface area contributed by atoms with Gasteiger partial charge in [0.05, 0.1) is 11.4 Å². The number of pyridine rings is 1. The molecular formula is C14H10ClN3O. The monoisotopic (exact) mass is 271 g/mol. The van der Waals surface area contributed by atoms with Crippen molar-refractivity contribution < 1.29 is 5.11 Å². The van der Waals surface area contributed by atoms with Gasteiger partial charge in [-0.3, -0.25) is 4.98 Å². The smallest absolute Gasteiger partial charge is 0.125 e. The molecule has 0 amide bonds. The van der Waals surface area contributed by atoms with Crippen LogP contribution in [0, 0.1) is 0 Å². The molecule has 3 rings (SSSR count). The molecule has 0 radical (unpaired) electrons. The molecule has 1 aromatic carbocycles. The van der Waals surface area contributed by atoms with E-state index in [4.69, 9.17) is 11.6 Å². The summed E-state index contributed by atoms with van der Waals surface area (Å²) in [7, 11) is 0. The van der Waals surface area contributed by atoms with Crippen LogP contribution in [0.2, 0.25) is 5.02 Å². The molecule has 0 saturated carbocycles. The highest BCUT2D eigenvalue weighted by atomic mass is 35.5. The Morgan fingerprint density at radius 1 is 1.05 bits per heavy atom. The van der Waals surface area contributed by atoms with Gasteiger partial charge in [0.1, 0.15) is 5.75 Å². The number of aromatic nitrogens is 3. The Labute approximate surface area is 114 Å². The third-order valence-electron chi connectivity index (χ3n) is 2.75. The number of nitrogens with zero attached hydrogens (tertiary/aromatic N) is 3. The number of phenols is 1. The van der Waals surface area contributed by atoms with Gasteiger partial charge in [0.15, 0.2) is 0 Å². The predicted octanol–water partition coefficient (Wildman–Crippen LogP) is 3.29. The van der Waals surface area contributed by atoms with E-state index in [1.807, 2.05) is 24.4 Å². The maximum atomic E-state index is 9.85. The largest absolute Gasteiger partial charge is 0.507 e. The van der Waals surface area contributed by atoms with Crippen LogP contribution in [0.15, 0.2) is 55.0 Å². The highest BCUT2D eigenvalue weighted by Crippen LogP contribution is 2.30. The Morgan fingerprint density at radius 3 is 2.63 bits per heavy atom. The summed E-state index contributed by atoms with van der Waals surface area (Å²) in [5, 5.41) is 14.8. The highest BCUT2D eigenvalue weighted by molar-refractivity contribution is 6.30. The second-order valence-corrected chi connectivity index (χ2v) is 4.45. The van der Waals surface area contributed by atoms with Gasteiger partial charge in [-0.15, -0.1) is 0 Å². The lowest BCUT2D eigenvalue weighted by Crippen LogP contribution is -1.94. The maximum absolute atomic E-state index is 9.85. The lowest BCUT2D eigenvalue weighted by molar-refractivity contribution is 0.477. The average Bonchev–Trinajstić information content (AvgIpc) is 2.92. The second kappa shape index (κ2) is 4.74. The van der Waals surface area contributed by atoms with Crippen molar-refractivity contribution in [1.82, 2.24) is 14.8 Å². The number of rotatable bonds is 2. The molecule has 0 spiro atoms. The van der Waals surface area contributed by atoms with Gasteiger partial charge in [0.25, 0.3) is 0 Å². The molecule has 2 aromatic heterocycles. The van der Waals surface area contributed by atoms with Gasteiger partial charge in [-0.1, -0.05) is 11.6 Å². The molecule has 0 bridgehead atoms. The van der Waals surface area contributed by atoms with Gasteiger partial charge in [-0.2, -0.15) is 5.10 Å². The zero-order chi connectivity index (χ0) is 13.2. The molecule has 0 fully saturated rings. The van der Waals surface area contributed by atoms with Crippen LogP contribution in [0.3, 0.4) is 0 Å². The molecule has 94 valence electrons. The van der Waals surface area contributed by atoms with Crippen molar-refractivity contribution in [3.05, 3.63) is 60.0 Å². The van der Waals surface area contributed by atoms with E-state index in [1.165, 1.54) is 0 Å². The molecule has 1 N–H and O–H groups in total. The Balaban J connectivity index is 2.04. The van der Waals surface area contributed by atoms with Crippen molar-refractivity contribution in [1.29, 1.82) is 0 Å². The molecule has 0 aliphatic rings. The van der Waals surface area contributed by atoms with E-state index in [-0.39, 0.29) is 5.75 Å². The number of halogens is 1. The number of hydrogen-bond donors (Lipinski definition) is 1. The second-order valence-electron chi connectivity index (χ2n) is 4.01. The zero-order valence-corrected chi connectivity index (χ0v) is 10.6. The van der Waals surface area contributed by atoms with Crippen LogP contribution in [0.5, 0.6) is 5.75 Å². The van der Waals surface area contributed by atoms with Gasteiger partial charge in [-0.25, -0.2) is 4.68 Å². The number of benzene rings is 1. The minimum atomic E-state index is 0.157. The third-order valence-corrected chi connectivity index (χ3v) is 2.99. The average molecular weight is 272 g/mol. The summed E-state index contributed by atoms with van der Waals surface area (Å²) in [4.78, 5) is 3.96. The summed E-state index contributed by atoms with van der Waals surface area (Å²) >= 11 is 5.94. The van der Waals surface area contributed by atoms with E-state index in [0.717, 1.165) is 5.69 Å². The molecule has 0 aliphatic heterocycles. The Bertz CT molecular complexity index is 710. The third kappa shape index (κ3) is 2.30. The van der Waals surface area contributed by atoms with Crippen LogP contribution in [0.4, 0.5) is 0 Å². The molecule has 0 aliphatic carbocycles. The normalized spacial score (nSPS) is 10.6. The standard InChI is InChI=1S/C14H10ClN3O/c15-10-1-2-14(19)12(9-10)13-5-8-18(17-13)11-3-6-16-7-4-11/h1-9,19H. The molecule has 19 heavy (non-hydrogen) atoms. The fourth-order valence-electron chi connectivity index (χ4n) is 1.82. The zero-order valence-electron chi connectivity index (χ0n) is 9.86. The van der Waals surface area contributed by atoms with Crippen molar-refractivity contribution >= 4 is 11.6 Å². The molecule has 5 heteroatoms. The summed E-state index contributed by atoms with van der Waals surface area (Å²) < 4.78 is 1.72. The fourth-order valence-corrected chi connectivity index (χ4v) is 1.99. The Hall–Kier alpha value is -2.33. The van der Waals surface area contributed by atoms with E-state index in [2.05, 4.69) is 10.1 Å². The van der Waals surface area contributed by atoms with Gasteiger partial charge < -0.3 is 5.11 Å². The first-order valence-corrected chi connectivity index (χ1v) is 6.07. The Kier molecular flexibility index (Phi) is 2.93. The molecule has 2 heterocycles. The highest BCUT2D eigenvalue weighted by Gasteiger charge is 2.09. The van der Waals surface area contributed by atoms with E-state index in [9.17, 15) is 5.11 Å². The maximum Gasteiger partial charge on any atom is 0.125 e. The van der Waals surface area contributed by atoms with Gasteiger partial charge in [0.2, 0.25) is 0 Å². The lowest BCUT2D eigenvalue weighted by Gasteiger charge is -2.02. The van der Waals surface area contributed by atoms with Crippen molar-refractivity contribution in [3.8, 4) is 22.7 Å². The SMILES string of the molecule is Oc1ccc(Cl)cc1-c1ccn(-c2ccncc2)n1. The Morgan fingerprint density at radius 2 is 1.84 bits per heavy atom. The van der Waals surface area contributed by atoms with Crippen LogP contribution in [-0.4, -0.2) is 19.9 Å². The van der Waals surface area contributed by atoms with Crippen LogP contribution >= 0.6 is 11.6 Å². The summed E-state index contributed by atoms with van der Waals surface area (Å²) in [5.74, 6) is 0.157. The van der Waals surface area contributed by atoms with Crippen molar-refractivity contribution in [2.75, 3.05) is 0 Å². The molecule has 4 nitrogen and oxygen atoms in total. The molecule has 3 aromatic rings. The van der Waals surface area contributed by atoms with Crippen LogP contribution in [0.1, 0.15) is 0 Å². The molecule has 0 unspecified atom stereocenters. The first-order valence-electron chi connectivity index (χ1n) is 5.69. The van der Waals surface area contributed by atoms with Crippen LogP contribution in [-0.2, 0) is 0 Å². The van der Waals surface area contributed by atoms with Crippen molar-refractivity contribution in [2.24, 2.45) is 0 Å².